The molecule has 4 heteroatoms. The number of nitrogen functional groups attached to an aromatic ring is 1. The van der Waals surface area contributed by atoms with Crippen LogP contribution >= 0.6 is 0 Å². The van der Waals surface area contributed by atoms with E-state index >= 15 is 0 Å². The van der Waals surface area contributed by atoms with Gasteiger partial charge in [-0.3, -0.25) is 0 Å². The van der Waals surface area contributed by atoms with Crippen LogP contribution in [-0.4, -0.2) is 9.97 Å². The molecule has 0 bridgehead atoms. The molecule has 3 nitrogen and oxygen atoms in total. The third kappa shape index (κ3) is 1.91. The molecule has 0 spiro atoms. The zero-order chi connectivity index (χ0) is 13.4. The molecular formula is C15H12FN3. The number of halogens is 1. The second kappa shape index (κ2) is 4.31. The molecule has 3 aromatic rings. The lowest BCUT2D eigenvalue weighted by molar-refractivity contribution is 0.630. The van der Waals surface area contributed by atoms with Crippen molar-refractivity contribution in [1.82, 2.24) is 9.97 Å². The average Bonchev–Trinajstić information content (AvgIpc) is 2.39. The molecule has 0 saturated heterocycles. The Morgan fingerprint density at radius 2 is 1.79 bits per heavy atom. The van der Waals surface area contributed by atoms with Gasteiger partial charge in [-0.1, -0.05) is 24.3 Å². The lowest BCUT2D eigenvalue weighted by Crippen LogP contribution is -2.00. The van der Waals surface area contributed by atoms with Crippen molar-refractivity contribution in [2.24, 2.45) is 0 Å². The predicted molar refractivity (Wildman–Crippen MR) is 74.1 cm³/mol. The average molecular weight is 253 g/mol. The zero-order valence-corrected chi connectivity index (χ0v) is 10.4. The van der Waals surface area contributed by atoms with E-state index in [9.17, 15) is 4.39 Å². The number of hydrogen-bond acceptors (Lipinski definition) is 3. The maximum Gasteiger partial charge on any atom is 0.165 e. The summed E-state index contributed by atoms with van der Waals surface area (Å²) in [5.74, 6) is 0.337. The molecule has 0 aliphatic carbocycles. The minimum atomic E-state index is -0.353. The van der Waals surface area contributed by atoms with E-state index in [1.807, 2.05) is 25.1 Å². The molecule has 2 N–H and O–H groups in total. The summed E-state index contributed by atoms with van der Waals surface area (Å²) >= 11 is 0. The topological polar surface area (TPSA) is 51.8 Å². The molecule has 94 valence electrons. The van der Waals surface area contributed by atoms with Crippen LogP contribution in [0.3, 0.4) is 0 Å². The van der Waals surface area contributed by atoms with Crippen molar-refractivity contribution in [3.8, 4) is 11.4 Å². The molecule has 2 aromatic carbocycles. The zero-order valence-electron chi connectivity index (χ0n) is 10.4. The van der Waals surface area contributed by atoms with Crippen LogP contribution in [0.2, 0.25) is 0 Å². The first kappa shape index (κ1) is 11.6. The van der Waals surface area contributed by atoms with Crippen molar-refractivity contribution in [2.75, 3.05) is 5.73 Å². The van der Waals surface area contributed by atoms with Gasteiger partial charge in [-0.25, -0.2) is 14.4 Å². The monoisotopic (exact) mass is 253 g/mol. The second-order valence-corrected chi connectivity index (χ2v) is 4.38. The van der Waals surface area contributed by atoms with E-state index < -0.39 is 0 Å². The molecule has 0 aliphatic heterocycles. The number of benzene rings is 2. The van der Waals surface area contributed by atoms with E-state index in [0.717, 1.165) is 16.5 Å². The SMILES string of the molecule is Cc1cccc2nc(-c3ccccc3F)nc(N)c12. The summed E-state index contributed by atoms with van der Waals surface area (Å²) < 4.78 is 13.8. The van der Waals surface area contributed by atoms with Crippen molar-refractivity contribution in [2.45, 2.75) is 6.92 Å². The number of fused-ring (bicyclic) bond motifs is 1. The van der Waals surface area contributed by atoms with Gasteiger partial charge in [0.25, 0.3) is 0 Å². The fourth-order valence-electron chi connectivity index (χ4n) is 2.15. The Morgan fingerprint density at radius 3 is 2.58 bits per heavy atom. The normalized spacial score (nSPS) is 10.8. The van der Waals surface area contributed by atoms with E-state index in [1.165, 1.54) is 6.07 Å². The van der Waals surface area contributed by atoms with Crippen molar-refractivity contribution in [1.29, 1.82) is 0 Å². The summed E-state index contributed by atoms with van der Waals surface area (Å²) in [6.07, 6.45) is 0. The molecule has 0 amide bonds. The minimum absolute atomic E-state index is 0.314. The Labute approximate surface area is 109 Å². The second-order valence-electron chi connectivity index (χ2n) is 4.38. The number of nitrogens with two attached hydrogens (primary N) is 1. The molecule has 0 unspecified atom stereocenters. The highest BCUT2D eigenvalue weighted by Crippen LogP contribution is 2.26. The summed E-state index contributed by atoms with van der Waals surface area (Å²) in [6.45, 7) is 1.95. The smallest absolute Gasteiger partial charge is 0.165 e. The van der Waals surface area contributed by atoms with Crippen molar-refractivity contribution in [3.63, 3.8) is 0 Å². The summed E-state index contributed by atoms with van der Waals surface area (Å²) in [5, 5.41) is 0.822. The molecule has 0 atom stereocenters. The molecular weight excluding hydrogens is 241 g/mol. The Bertz CT molecular complexity index is 768. The summed E-state index contributed by atoms with van der Waals surface area (Å²) in [5.41, 5.74) is 8.07. The van der Waals surface area contributed by atoms with Crippen molar-refractivity contribution in [3.05, 3.63) is 53.8 Å². The summed E-state index contributed by atoms with van der Waals surface area (Å²) in [7, 11) is 0. The molecule has 3 rings (SSSR count). The third-order valence-electron chi connectivity index (χ3n) is 3.07. The van der Waals surface area contributed by atoms with Gasteiger partial charge in [0.2, 0.25) is 0 Å². The largest absolute Gasteiger partial charge is 0.383 e. The van der Waals surface area contributed by atoms with Gasteiger partial charge in [-0.2, -0.15) is 0 Å². The standard InChI is InChI=1S/C15H12FN3/c1-9-5-4-8-12-13(9)14(17)19-15(18-12)10-6-2-3-7-11(10)16/h2-8H,1H3,(H2,17,18,19). The van der Waals surface area contributed by atoms with Gasteiger partial charge in [-0.15, -0.1) is 0 Å². The summed E-state index contributed by atoms with van der Waals surface area (Å²) in [6, 6.07) is 12.1. The van der Waals surface area contributed by atoms with Crippen LogP contribution in [0.5, 0.6) is 0 Å². The van der Waals surface area contributed by atoms with Crippen LogP contribution in [0.4, 0.5) is 10.2 Å². The molecule has 1 aromatic heterocycles. The number of rotatable bonds is 1. The van der Waals surface area contributed by atoms with Crippen LogP contribution in [0.15, 0.2) is 42.5 Å². The van der Waals surface area contributed by atoms with Gasteiger partial charge in [0, 0.05) is 5.39 Å². The van der Waals surface area contributed by atoms with Gasteiger partial charge < -0.3 is 5.73 Å². The van der Waals surface area contributed by atoms with Gasteiger partial charge in [0.1, 0.15) is 11.6 Å². The fraction of sp³-hybridized carbons (Fsp3) is 0.0667. The number of nitrogens with zero attached hydrogens (tertiary/aromatic N) is 2. The Kier molecular flexibility index (Phi) is 2.63. The van der Waals surface area contributed by atoms with Crippen LogP contribution in [0.25, 0.3) is 22.3 Å². The van der Waals surface area contributed by atoms with E-state index in [-0.39, 0.29) is 5.82 Å². The Morgan fingerprint density at radius 1 is 1.00 bits per heavy atom. The van der Waals surface area contributed by atoms with E-state index in [1.54, 1.807) is 18.2 Å². The number of aryl methyl sites for hydroxylation is 1. The Balaban J connectivity index is 2.31. The molecule has 0 aliphatic rings. The highest BCUT2D eigenvalue weighted by atomic mass is 19.1. The van der Waals surface area contributed by atoms with Crippen LogP contribution < -0.4 is 5.73 Å². The molecule has 0 fully saturated rings. The fourth-order valence-corrected chi connectivity index (χ4v) is 2.15. The quantitative estimate of drug-likeness (QED) is 0.723. The molecule has 1 heterocycles. The van der Waals surface area contributed by atoms with Crippen LogP contribution in [-0.2, 0) is 0 Å². The molecule has 19 heavy (non-hydrogen) atoms. The summed E-state index contributed by atoms with van der Waals surface area (Å²) in [4.78, 5) is 8.62. The van der Waals surface area contributed by atoms with Gasteiger partial charge in [0.05, 0.1) is 11.1 Å². The highest BCUT2D eigenvalue weighted by molar-refractivity contribution is 5.92. The third-order valence-corrected chi connectivity index (χ3v) is 3.07. The first-order chi connectivity index (χ1) is 9.16. The van der Waals surface area contributed by atoms with E-state index in [4.69, 9.17) is 5.73 Å². The predicted octanol–water partition coefficient (Wildman–Crippen LogP) is 3.33. The minimum Gasteiger partial charge on any atom is -0.383 e. The van der Waals surface area contributed by atoms with E-state index in [2.05, 4.69) is 9.97 Å². The first-order valence-electron chi connectivity index (χ1n) is 5.94. The molecule has 0 radical (unpaired) electrons. The first-order valence-corrected chi connectivity index (χ1v) is 5.94. The Hall–Kier alpha value is -2.49. The lowest BCUT2D eigenvalue weighted by atomic mass is 10.1. The van der Waals surface area contributed by atoms with Crippen LogP contribution in [0, 0.1) is 12.7 Å². The van der Waals surface area contributed by atoms with Gasteiger partial charge in [0.15, 0.2) is 5.82 Å². The highest BCUT2D eigenvalue weighted by Gasteiger charge is 2.11. The number of hydrogen-bond donors (Lipinski definition) is 1. The van der Waals surface area contributed by atoms with Gasteiger partial charge in [-0.05, 0) is 30.7 Å². The molecule has 0 saturated carbocycles. The maximum absolute atomic E-state index is 13.8. The lowest BCUT2D eigenvalue weighted by Gasteiger charge is -2.08. The van der Waals surface area contributed by atoms with Crippen LogP contribution in [0.1, 0.15) is 5.56 Å². The van der Waals surface area contributed by atoms with E-state index in [0.29, 0.717) is 17.2 Å². The van der Waals surface area contributed by atoms with Crippen molar-refractivity contribution >= 4 is 16.7 Å². The maximum atomic E-state index is 13.8. The van der Waals surface area contributed by atoms with Gasteiger partial charge >= 0.3 is 0 Å². The number of anilines is 1. The number of aromatic nitrogens is 2. The van der Waals surface area contributed by atoms with Crippen molar-refractivity contribution < 1.29 is 4.39 Å².